The molecule has 0 unspecified atom stereocenters. The fourth-order valence-electron chi connectivity index (χ4n) is 5.16. The number of ether oxygens (including phenoxy) is 1. The Bertz CT molecular complexity index is 1490. The van der Waals surface area contributed by atoms with Gasteiger partial charge in [-0.15, -0.1) is 0 Å². The molecule has 0 bridgehead atoms. The Hall–Kier alpha value is -3.13. The summed E-state index contributed by atoms with van der Waals surface area (Å²) in [7, 11) is 0. The Morgan fingerprint density at radius 1 is 1.24 bits per heavy atom. The fraction of sp³-hybridized carbons (Fsp3) is 0.433. The number of rotatable bonds is 9. The first-order valence-corrected chi connectivity index (χ1v) is 15.4. The fourth-order valence-corrected chi connectivity index (χ4v) is 6.59. The third-order valence-electron chi connectivity index (χ3n) is 7.43. The molecular weight excluding hydrogens is 580 g/mol. The first-order valence-electron chi connectivity index (χ1n) is 13.8. The van der Waals surface area contributed by atoms with E-state index in [9.17, 15) is 19.6 Å². The van der Waals surface area contributed by atoms with Gasteiger partial charge in [0.1, 0.15) is 21.8 Å². The van der Waals surface area contributed by atoms with Crippen LogP contribution < -0.4 is 10.5 Å². The lowest BCUT2D eigenvalue weighted by Gasteiger charge is -2.35. The van der Waals surface area contributed by atoms with Crippen molar-refractivity contribution in [2.75, 3.05) is 24.6 Å². The van der Waals surface area contributed by atoms with Crippen LogP contribution in [-0.2, 0) is 27.4 Å². The van der Waals surface area contributed by atoms with Crippen LogP contribution >= 0.6 is 35.6 Å². The zero-order valence-electron chi connectivity index (χ0n) is 23.4. The van der Waals surface area contributed by atoms with Gasteiger partial charge in [0.05, 0.1) is 24.0 Å². The number of pyridine rings is 1. The standard InChI is InChI=1S/C30H33ClN4O4S2/c1-4-6-13-34-26(33-14-11-20(12-15-33)29(38)39-5-2)22(19(3)23(17-32)27(34)36)16-25-28(37)35(30(40)41-25)18-21-9-7-8-10-24(21)31/h7-10,16,20H,4-6,11-15,18H2,1-3H3. The molecule has 0 spiro atoms. The SMILES string of the molecule is CCCCn1c(N2CCC(C(=O)OCC)CC2)c(C=C2SC(=S)N(Cc3ccccc3Cl)C2=O)c(C)c(C#N)c1=O. The van der Waals surface area contributed by atoms with Crippen molar-refractivity contribution < 1.29 is 14.3 Å². The smallest absolute Gasteiger partial charge is 0.309 e. The molecule has 8 nitrogen and oxygen atoms in total. The molecule has 3 heterocycles. The highest BCUT2D eigenvalue weighted by Gasteiger charge is 2.34. The molecule has 216 valence electrons. The van der Waals surface area contributed by atoms with Crippen molar-refractivity contribution in [3.8, 4) is 6.07 Å². The van der Waals surface area contributed by atoms with Crippen molar-refractivity contribution in [3.63, 3.8) is 0 Å². The molecule has 41 heavy (non-hydrogen) atoms. The van der Waals surface area contributed by atoms with E-state index in [4.69, 9.17) is 28.6 Å². The van der Waals surface area contributed by atoms with Crippen molar-refractivity contribution in [1.29, 1.82) is 5.26 Å². The molecule has 11 heteroatoms. The van der Waals surface area contributed by atoms with E-state index in [2.05, 4.69) is 11.0 Å². The highest BCUT2D eigenvalue weighted by Crippen LogP contribution is 2.38. The Morgan fingerprint density at radius 3 is 2.59 bits per heavy atom. The molecule has 2 fully saturated rings. The van der Waals surface area contributed by atoms with Crippen LogP contribution in [-0.4, -0.2) is 45.4 Å². The lowest BCUT2D eigenvalue weighted by molar-refractivity contribution is -0.148. The molecule has 2 aliphatic heterocycles. The molecule has 4 rings (SSSR count). The second-order valence-electron chi connectivity index (χ2n) is 10.0. The van der Waals surface area contributed by atoms with E-state index >= 15 is 0 Å². The Balaban J connectivity index is 1.77. The van der Waals surface area contributed by atoms with Crippen LogP contribution in [0.5, 0.6) is 0 Å². The molecule has 0 atom stereocenters. The molecule has 2 saturated heterocycles. The van der Waals surface area contributed by atoms with Gasteiger partial charge < -0.3 is 9.64 Å². The summed E-state index contributed by atoms with van der Waals surface area (Å²) in [6, 6.07) is 9.41. The van der Waals surface area contributed by atoms with Crippen molar-refractivity contribution in [3.05, 3.63) is 66.8 Å². The molecule has 0 aliphatic carbocycles. The van der Waals surface area contributed by atoms with E-state index < -0.39 is 0 Å². The van der Waals surface area contributed by atoms with Gasteiger partial charge in [0, 0.05) is 30.2 Å². The lowest BCUT2D eigenvalue weighted by Crippen LogP contribution is -2.41. The van der Waals surface area contributed by atoms with Gasteiger partial charge in [0.15, 0.2) is 0 Å². The van der Waals surface area contributed by atoms with Gasteiger partial charge in [-0.1, -0.05) is 67.1 Å². The van der Waals surface area contributed by atoms with Gasteiger partial charge in [-0.25, -0.2) is 0 Å². The van der Waals surface area contributed by atoms with E-state index in [1.165, 1.54) is 16.7 Å². The van der Waals surface area contributed by atoms with Gasteiger partial charge in [0.2, 0.25) is 0 Å². The van der Waals surface area contributed by atoms with Crippen molar-refractivity contribution in [2.45, 2.75) is 59.5 Å². The summed E-state index contributed by atoms with van der Waals surface area (Å²) in [4.78, 5) is 43.6. The molecule has 0 radical (unpaired) electrons. The number of thioether (sulfide) groups is 1. The second-order valence-corrected chi connectivity index (χ2v) is 12.1. The van der Waals surface area contributed by atoms with Gasteiger partial charge in [0.25, 0.3) is 11.5 Å². The number of carbonyl (C=O) groups excluding carboxylic acids is 2. The number of hydrogen-bond acceptors (Lipinski definition) is 8. The molecular formula is C30H33ClN4O4S2. The lowest BCUT2D eigenvalue weighted by atomic mass is 9.95. The minimum Gasteiger partial charge on any atom is -0.466 e. The summed E-state index contributed by atoms with van der Waals surface area (Å²) in [5, 5.41) is 10.5. The number of piperidine rings is 1. The van der Waals surface area contributed by atoms with Crippen LogP contribution in [0.1, 0.15) is 61.8 Å². The van der Waals surface area contributed by atoms with Gasteiger partial charge in [-0.2, -0.15) is 5.26 Å². The van der Waals surface area contributed by atoms with Crippen LogP contribution in [0.25, 0.3) is 6.08 Å². The van der Waals surface area contributed by atoms with Crippen molar-refractivity contribution in [2.24, 2.45) is 5.92 Å². The van der Waals surface area contributed by atoms with E-state index in [0.717, 1.165) is 18.4 Å². The summed E-state index contributed by atoms with van der Waals surface area (Å²) in [6.45, 7) is 7.67. The van der Waals surface area contributed by atoms with Crippen molar-refractivity contribution in [1.82, 2.24) is 9.47 Å². The van der Waals surface area contributed by atoms with E-state index in [1.54, 1.807) is 30.6 Å². The number of benzene rings is 1. The highest BCUT2D eigenvalue weighted by atomic mass is 35.5. The number of esters is 1. The Kier molecular flexibility index (Phi) is 10.3. The second kappa shape index (κ2) is 13.7. The highest BCUT2D eigenvalue weighted by molar-refractivity contribution is 8.26. The van der Waals surface area contributed by atoms with Crippen LogP contribution in [0.3, 0.4) is 0 Å². The number of amides is 1. The monoisotopic (exact) mass is 612 g/mol. The summed E-state index contributed by atoms with van der Waals surface area (Å²) >= 11 is 13.1. The number of aromatic nitrogens is 1. The predicted octanol–water partition coefficient (Wildman–Crippen LogP) is 5.66. The van der Waals surface area contributed by atoms with E-state index in [0.29, 0.717) is 70.3 Å². The molecule has 2 aliphatic rings. The van der Waals surface area contributed by atoms with Crippen LogP contribution in [0.15, 0.2) is 34.0 Å². The van der Waals surface area contributed by atoms with Crippen LogP contribution in [0, 0.1) is 24.2 Å². The summed E-state index contributed by atoms with van der Waals surface area (Å²) < 4.78 is 7.31. The third kappa shape index (κ3) is 6.53. The molecule has 1 amide bonds. The summed E-state index contributed by atoms with van der Waals surface area (Å²) in [6.07, 6.45) is 4.54. The first kappa shape index (κ1) is 30.8. The van der Waals surface area contributed by atoms with Crippen LogP contribution in [0.2, 0.25) is 5.02 Å². The average molecular weight is 613 g/mol. The molecule has 2 aromatic rings. The topological polar surface area (TPSA) is 95.6 Å². The summed E-state index contributed by atoms with van der Waals surface area (Å²) in [5.41, 5.74) is 1.66. The largest absolute Gasteiger partial charge is 0.466 e. The van der Waals surface area contributed by atoms with Gasteiger partial charge in [-0.05, 0) is 56.4 Å². The number of halogens is 1. The maximum absolute atomic E-state index is 13.6. The van der Waals surface area contributed by atoms with Crippen molar-refractivity contribution >= 4 is 63.7 Å². The normalized spacial score (nSPS) is 16.9. The Morgan fingerprint density at radius 2 is 1.95 bits per heavy atom. The minimum absolute atomic E-state index is 0.0593. The number of carbonyl (C=O) groups is 2. The van der Waals surface area contributed by atoms with Gasteiger partial charge in [-0.3, -0.25) is 23.9 Å². The maximum Gasteiger partial charge on any atom is 0.309 e. The van der Waals surface area contributed by atoms with Gasteiger partial charge >= 0.3 is 5.97 Å². The summed E-state index contributed by atoms with van der Waals surface area (Å²) in [5.74, 6) is 0.00897. The van der Waals surface area contributed by atoms with E-state index in [1.807, 2.05) is 25.1 Å². The zero-order valence-corrected chi connectivity index (χ0v) is 25.8. The van der Waals surface area contributed by atoms with Crippen LogP contribution in [0.4, 0.5) is 5.82 Å². The quantitative estimate of drug-likeness (QED) is 0.203. The molecule has 0 N–H and O–H groups in total. The average Bonchev–Trinajstić information content (AvgIpc) is 3.22. The number of nitriles is 1. The molecule has 1 aromatic heterocycles. The number of thiocarbonyl (C=S) groups is 1. The maximum atomic E-state index is 13.6. The molecule has 0 saturated carbocycles. The first-order chi connectivity index (χ1) is 19.7. The molecule has 1 aromatic carbocycles. The third-order valence-corrected chi connectivity index (χ3v) is 9.18. The number of anilines is 1. The minimum atomic E-state index is -0.343. The van der Waals surface area contributed by atoms with E-state index in [-0.39, 0.29) is 35.5 Å². The number of unbranched alkanes of at least 4 members (excludes halogenated alkanes) is 1. The predicted molar refractivity (Wildman–Crippen MR) is 167 cm³/mol. The number of nitrogens with zero attached hydrogens (tertiary/aromatic N) is 4. The number of hydrogen-bond donors (Lipinski definition) is 0. The Labute approximate surface area is 254 Å². The zero-order chi connectivity index (χ0) is 29.7.